The second-order valence-electron chi connectivity index (χ2n) is 4.83. The lowest BCUT2D eigenvalue weighted by molar-refractivity contribution is 0.532. The van der Waals surface area contributed by atoms with Crippen LogP contribution in [0.25, 0.3) is 11.4 Å². The van der Waals surface area contributed by atoms with Crippen molar-refractivity contribution >= 4 is 25.3 Å². The highest BCUT2D eigenvalue weighted by molar-refractivity contribution is 7.81. The van der Waals surface area contributed by atoms with Gasteiger partial charge in [0.15, 0.2) is 5.82 Å². The zero-order chi connectivity index (χ0) is 13.8. The molecule has 19 heavy (non-hydrogen) atoms. The summed E-state index contributed by atoms with van der Waals surface area (Å²) in [6, 6.07) is 8.69. The Morgan fingerprint density at radius 3 is 2.21 bits per heavy atom. The van der Waals surface area contributed by atoms with Crippen LogP contribution in [0.15, 0.2) is 30.6 Å². The molecule has 0 unspecified atom stereocenters. The molecule has 3 nitrogen and oxygen atoms in total. The van der Waals surface area contributed by atoms with E-state index in [-0.39, 0.29) is 0 Å². The minimum Gasteiger partial charge on any atom is -0.250 e. The van der Waals surface area contributed by atoms with Crippen molar-refractivity contribution < 1.29 is 0 Å². The number of thiol groups is 2. The van der Waals surface area contributed by atoms with Crippen LogP contribution in [0.4, 0.5) is 0 Å². The molecule has 5 heteroatoms. The molecule has 0 amide bonds. The van der Waals surface area contributed by atoms with E-state index in [1.165, 1.54) is 5.56 Å². The van der Waals surface area contributed by atoms with Crippen molar-refractivity contribution in [3.8, 4) is 11.4 Å². The van der Waals surface area contributed by atoms with Gasteiger partial charge in [-0.15, -0.1) is 0 Å². The van der Waals surface area contributed by atoms with Crippen LogP contribution in [0.2, 0.25) is 0 Å². The average Bonchev–Trinajstić information content (AvgIpc) is 2.91. The molecule has 2 rings (SSSR count). The summed E-state index contributed by atoms with van der Waals surface area (Å²) in [5, 5.41) is 4.47. The first-order valence-corrected chi connectivity index (χ1v) is 7.65. The van der Waals surface area contributed by atoms with Crippen LogP contribution in [0, 0.1) is 0 Å². The largest absolute Gasteiger partial charge is 0.250 e. The maximum Gasteiger partial charge on any atom is 0.181 e. The van der Waals surface area contributed by atoms with Crippen molar-refractivity contribution in [1.82, 2.24) is 14.8 Å². The van der Waals surface area contributed by atoms with Crippen molar-refractivity contribution in [2.75, 3.05) is 11.5 Å². The fraction of sp³-hybridized carbons (Fsp3) is 0.429. The SMILES string of the molecule is CC(C)n1cnc(-c2ccc(C(CS)CS)cc2)n1. The molecule has 2 aromatic rings. The number of rotatable bonds is 5. The first-order chi connectivity index (χ1) is 9.15. The Labute approximate surface area is 125 Å². The molecule has 0 radical (unpaired) electrons. The smallest absolute Gasteiger partial charge is 0.181 e. The number of nitrogens with zero attached hydrogens (tertiary/aromatic N) is 3. The van der Waals surface area contributed by atoms with Crippen molar-refractivity contribution in [3.05, 3.63) is 36.2 Å². The molecule has 0 atom stereocenters. The summed E-state index contributed by atoms with van der Waals surface area (Å²) >= 11 is 8.70. The Bertz CT molecular complexity index is 516. The summed E-state index contributed by atoms with van der Waals surface area (Å²) in [5.41, 5.74) is 2.30. The molecular weight excluding hydrogens is 274 g/mol. The molecule has 0 bridgehead atoms. The first kappa shape index (κ1) is 14.5. The molecule has 0 aliphatic rings. The van der Waals surface area contributed by atoms with Gasteiger partial charge in [0.25, 0.3) is 0 Å². The quantitative estimate of drug-likeness (QED) is 0.827. The van der Waals surface area contributed by atoms with Gasteiger partial charge < -0.3 is 0 Å². The minimum atomic E-state index is 0.332. The highest BCUT2D eigenvalue weighted by Gasteiger charge is 2.10. The number of aromatic nitrogens is 3. The topological polar surface area (TPSA) is 30.7 Å². The van der Waals surface area contributed by atoms with Crippen LogP contribution in [0.1, 0.15) is 31.4 Å². The Hall–Kier alpha value is -0.940. The summed E-state index contributed by atoms with van der Waals surface area (Å²) in [5.74, 6) is 2.78. The third-order valence-electron chi connectivity index (χ3n) is 3.12. The molecule has 0 N–H and O–H groups in total. The van der Waals surface area contributed by atoms with Crippen LogP contribution in [-0.4, -0.2) is 26.3 Å². The lowest BCUT2D eigenvalue weighted by Gasteiger charge is -2.11. The molecule has 0 saturated heterocycles. The van der Waals surface area contributed by atoms with Gasteiger partial charge in [-0.3, -0.25) is 0 Å². The molecular formula is C14H19N3S2. The molecule has 0 aliphatic heterocycles. The Kier molecular flexibility index (Phi) is 4.93. The third kappa shape index (κ3) is 3.34. The number of hydrogen-bond acceptors (Lipinski definition) is 4. The van der Waals surface area contributed by atoms with Gasteiger partial charge in [-0.2, -0.15) is 30.4 Å². The second kappa shape index (κ2) is 6.48. The van der Waals surface area contributed by atoms with E-state index in [1.54, 1.807) is 6.33 Å². The number of hydrogen-bond donors (Lipinski definition) is 2. The van der Waals surface area contributed by atoms with Crippen LogP contribution < -0.4 is 0 Å². The van der Waals surface area contributed by atoms with Gasteiger partial charge in [-0.25, -0.2) is 9.67 Å². The van der Waals surface area contributed by atoms with E-state index in [4.69, 9.17) is 0 Å². The van der Waals surface area contributed by atoms with Gasteiger partial charge in [-0.05, 0) is 30.9 Å². The Morgan fingerprint density at radius 2 is 1.74 bits per heavy atom. The van der Waals surface area contributed by atoms with Crippen molar-refractivity contribution in [1.29, 1.82) is 0 Å². The van der Waals surface area contributed by atoms with Crippen LogP contribution >= 0.6 is 25.3 Å². The predicted octanol–water partition coefficient (Wildman–Crippen LogP) is 3.47. The molecule has 0 saturated carbocycles. The lowest BCUT2D eigenvalue weighted by atomic mass is 10.0. The van der Waals surface area contributed by atoms with Crippen molar-refractivity contribution in [2.45, 2.75) is 25.8 Å². The summed E-state index contributed by atoms with van der Waals surface area (Å²) in [6.07, 6.45) is 1.78. The van der Waals surface area contributed by atoms with E-state index in [0.29, 0.717) is 12.0 Å². The minimum absolute atomic E-state index is 0.332. The van der Waals surface area contributed by atoms with E-state index >= 15 is 0 Å². The van der Waals surface area contributed by atoms with Crippen molar-refractivity contribution in [3.63, 3.8) is 0 Å². The molecule has 1 heterocycles. The monoisotopic (exact) mass is 293 g/mol. The normalized spacial score (nSPS) is 11.5. The van der Waals surface area contributed by atoms with E-state index in [0.717, 1.165) is 22.9 Å². The average molecular weight is 293 g/mol. The van der Waals surface area contributed by atoms with E-state index in [1.807, 2.05) is 4.68 Å². The summed E-state index contributed by atoms with van der Waals surface area (Å²) < 4.78 is 1.87. The zero-order valence-corrected chi connectivity index (χ0v) is 13.0. The molecule has 1 aromatic carbocycles. The Morgan fingerprint density at radius 1 is 1.11 bits per heavy atom. The van der Waals surface area contributed by atoms with Crippen molar-refractivity contribution in [2.24, 2.45) is 0 Å². The maximum atomic E-state index is 4.47. The fourth-order valence-electron chi connectivity index (χ4n) is 1.83. The number of benzene rings is 1. The second-order valence-corrected chi connectivity index (χ2v) is 5.56. The van der Waals surface area contributed by atoms with E-state index in [2.05, 4.69) is 73.5 Å². The Balaban J connectivity index is 2.21. The van der Waals surface area contributed by atoms with Gasteiger partial charge in [0.2, 0.25) is 0 Å². The molecule has 0 fully saturated rings. The highest BCUT2D eigenvalue weighted by Crippen LogP contribution is 2.22. The van der Waals surface area contributed by atoms with Crippen LogP contribution in [-0.2, 0) is 0 Å². The van der Waals surface area contributed by atoms with E-state index in [9.17, 15) is 0 Å². The predicted molar refractivity (Wildman–Crippen MR) is 86.3 cm³/mol. The summed E-state index contributed by atoms with van der Waals surface area (Å²) in [4.78, 5) is 4.34. The van der Waals surface area contributed by atoms with Gasteiger partial charge in [0.05, 0.1) is 0 Å². The zero-order valence-electron chi connectivity index (χ0n) is 11.2. The van der Waals surface area contributed by atoms with Gasteiger partial charge in [-0.1, -0.05) is 24.3 Å². The molecule has 1 aromatic heterocycles. The summed E-state index contributed by atoms with van der Waals surface area (Å²) in [7, 11) is 0. The highest BCUT2D eigenvalue weighted by atomic mass is 32.1. The fourth-order valence-corrected chi connectivity index (χ4v) is 2.71. The lowest BCUT2D eigenvalue weighted by Crippen LogP contribution is -2.02. The van der Waals surface area contributed by atoms with E-state index < -0.39 is 0 Å². The van der Waals surface area contributed by atoms with Crippen LogP contribution in [0.3, 0.4) is 0 Å². The summed E-state index contributed by atoms with van der Waals surface area (Å²) in [6.45, 7) is 4.18. The standard InChI is InChI=1S/C14H19N3S2/c1-10(2)17-9-15-14(16-17)12-5-3-11(4-6-12)13(7-18)8-19/h3-6,9-10,13,18-19H,7-8H2,1-2H3. The van der Waals surface area contributed by atoms with Gasteiger partial charge in [0.1, 0.15) is 6.33 Å². The molecule has 0 aliphatic carbocycles. The van der Waals surface area contributed by atoms with Gasteiger partial charge >= 0.3 is 0 Å². The van der Waals surface area contributed by atoms with Crippen LogP contribution in [0.5, 0.6) is 0 Å². The third-order valence-corrected chi connectivity index (χ3v) is 4.00. The molecule has 102 valence electrons. The van der Waals surface area contributed by atoms with Gasteiger partial charge in [0, 0.05) is 17.5 Å². The maximum absolute atomic E-state index is 4.47. The first-order valence-electron chi connectivity index (χ1n) is 6.39. The molecule has 0 spiro atoms.